The average molecular weight is 168 g/mol. The number of hydrogen-bond donors (Lipinski definition) is 2. The number of H-pyrrole nitrogens is 1. The van der Waals surface area contributed by atoms with Crippen LogP contribution in [-0.4, -0.2) is 21.3 Å². The topological polar surface area (TPSA) is 66.0 Å². The van der Waals surface area contributed by atoms with Crippen molar-refractivity contribution in [3.8, 4) is 0 Å². The van der Waals surface area contributed by atoms with Gasteiger partial charge in [-0.3, -0.25) is 9.89 Å². The average Bonchev–Trinajstić information content (AvgIpc) is 2.51. The Hall–Kier alpha value is -1.32. The normalized spacial score (nSPS) is 12.8. The molecule has 0 saturated carbocycles. The van der Waals surface area contributed by atoms with Gasteiger partial charge in [0.25, 0.3) is 0 Å². The monoisotopic (exact) mass is 168 g/mol. The van der Waals surface area contributed by atoms with Crippen molar-refractivity contribution in [1.29, 1.82) is 0 Å². The van der Waals surface area contributed by atoms with Crippen molar-refractivity contribution in [3.63, 3.8) is 0 Å². The van der Waals surface area contributed by atoms with E-state index in [0.717, 1.165) is 5.56 Å². The molecule has 0 aliphatic heterocycles. The fraction of sp³-hybridized carbons (Fsp3) is 0.500. The number of carboxylic acids is 1. The van der Waals surface area contributed by atoms with E-state index < -0.39 is 5.97 Å². The predicted molar refractivity (Wildman–Crippen MR) is 43.9 cm³/mol. The lowest BCUT2D eigenvalue weighted by Gasteiger charge is -2.05. The summed E-state index contributed by atoms with van der Waals surface area (Å²) in [7, 11) is 0. The van der Waals surface area contributed by atoms with Crippen LogP contribution >= 0.6 is 0 Å². The molecular weight excluding hydrogens is 156 g/mol. The molecule has 1 heterocycles. The number of carbonyl (C=O) groups is 1. The summed E-state index contributed by atoms with van der Waals surface area (Å²) in [5, 5.41) is 14.9. The van der Waals surface area contributed by atoms with E-state index in [1.165, 1.54) is 0 Å². The Labute approximate surface area is 70.6 Å². The quantitative estimate of drug-likeness (QED) is 0.713. The molecule has 1 rings (SSSR count). The van der Waals surface area contributed by atoms with Crippen LogP contribution in [0.15, 0.2) is 12.4 Å². The van der Waals surface area contributed by atoms with Crippen LogP contribution < -0.4 is 0 Å². The second-order valence-electron chi connectivity index (χ2n) is 2.87. The van der Waals surface area contributed by atoms with Crippen LogP contribution in [0.1, 0.15) is 31.2 Å². The summed E-state index contributed by atoms with van der Waals surface area (Å²) in [6.45, 7) is 1.99. The summed E-state index contributed by atoms with van der Waals surface area (Å²) >= 11 is 0. The third-order valence-electron chi connectivity index (χ3n) is 1.88. The van der Waals surface area contributed by atoms with Gasteiger partial charge in [-0.15, -0.1) is 0 Å². The molecule has 0 aliphatic rings. The van der Waals surface area contributed by atoms with Gasteiger partial charge in [0.2, 0.25) is 0 Å². The molecule has 2 N–H and O–H groups in total. The Morgan fingerprint density at radius 2 is 2.58 bits per heavy atom. The number of aromatic nitrogens is 2. The van der Waals surface area contributed by atoms with Crippen LogP contribution in [-0.2, 0) is 4.79 Å². The standard InChI is InChI=1S/C8H12N2O2/c1-6(2-3-8(11)12)7-4-9-10-5-7/h4-6H,2-3H2,1H3,(H,9,10)(H,11,12). The highest BCUT2D eigenvalue weighted by molar-refractivity contribution is 5.66. The Balaban J connectivity index is 2.39. The molecule has 4 nitrogen and oxygen atoms in total. The van der Waals surface area contributed by atoms with Crippen molar-refractivity contribution in [2.45, 2.75) is 25.7 Å². The molecule has 1 aromatic rings. The molecule has 0 aliphatic carbocycles. The molecule has 1 atom stereocenters. The van der Waals surface area contributed by atoms with Gasteiger partial charge in [-0.05, 0) is 17.9 Å². The number of nitrogens with zero attached hydrogens (tertiary/aromatic N) is 1. The summed E-state index contributed by atoms with van der Waals surface area (Å²) in [5.74, 6) is -0.481. The lowest BCUT2D eigenvalue weighted by molar-refractivity contribution is -0.137. The van der Waals surface area contributed by atoms with Crippen molar-refractivity contribution < 1.29 is 9.90 Å². The van der Waals surface area contributed by atoms with Gasteiger partial charge in [0.1, 0.15) is 0 Å². The maximum atomic E-state index is 10.2. The van der Waals surface area contributed by atoms with Crippen LogP contribution in [0.4, 0.5) is 0 Å². The predicted octanol–water partition coefficient (Wildman–Crippen LogP) is 1.38. The van der Waals surface area contributed by atoms with Crippen LogP contribution in [0.5, 0.6) is 0 Å². The molecule has 1 unspecified atom stereocenters. The highest BCUT2D eigenvalue weighted by Gasteiger charge is 2.08. The van der Waals surface area contributed by atoms with Crippen molar-refractivity contribution in [1.82, 2.24) is 10.2 Å². The number of nitrogens with one attached hydrogen (secondary N) is 1. The minimum atomic E-state index is -0.745. The molecule has 12 heavy (non-hydrogen) atoms. The Bertz CT molecular complexity index is 244. The van der Waals surface area contributed by atoms with E-state index in [2.05, 4.69) is 10.2 Å². The van der Waals surface area contributed by atoms with Gasteiger partial charge in [-0.2, -0.15) is 5.10 Å². The maximum absolute atomic E-state index is 10.2. The van der Waals surface area contributed by atoms with Gasteiger partial charge >= 0.3 is 5.97 Å². The van der Waals surface area contributed by atoms with Gasteiger partial charge in [0.05, 0.1) is 6.20 Å². The van der Waals surface area contributed by atoms with E-state index in [4.69, 9.17) is 5.11 Å². The SMILES string of the molecule is CC(CCC(=O)O)c1cn[nH]c1. The van der Waals surface area contributed by atoms with E-state index >= 15 is 0 Å². The molecule has 0 amide bonds. The van der Waals surface area contributed by atoms with Gasteiger partial charge in [-0.1, -0.05) is 6.92 Å². The first-order chi connectivity index (χ1) is 5.70. The summed E-state index contributed by atoms with van der Waals surface area (Å²) in [4.78, 5) is 10.2. The van der Waals surface area contributed by atoms with E-state index in [0.29, 0.717) is 6.42 Å². The van der Waals surface area contributed by atoms with E-state index in [1.807, 2.05) is 6.92 Å². The third kappa shape index (κ3) is 2.38. The summed E-state index contributed by atoms with van der Waals surface area (Å²) in [6, 6.07) is 0. The van der Waals surface area contributed by atoms with Crippen molar-refractivity contribution in [2.75, 3.05) is 0 Å². The first-order valence-corrected chi connectivity index (χ1v) is 3.90. The molecule has 0 radical (unpaired) electrons. The zero-order chi connectivity index (χ0) is 8.97. The Kier molecular flexibility index (Phi) is 2.85. The molecule has 0 bridgehead atoms. The number of carboxylic acid groups (broad SMARTS) is 1. The molecular formula is C8H12N2O2. The minimum Gasteiger partial charge on any atom is -0.481 e. The van der Waals surface area contributed by atoms with Crippen LogP contribution in [0.2, 0.25) is 0 Å². The largest absolute Gasteiger partial charge is 0.481 e. The molecule has 66 valence electrons. The maximum Gasteiger partial charge on any atom is 0.303 e. The van der Waals surface area contributed by atoms with E-state index in [-0.39, 0.29) is 12.3 Å². The Morgan fingerprint density at radius 1 is 1.83 bits per heavy atom. The zero-order valence-corrected chi connectivity index (χ0v) is 6.95. The third-order valence-corrected chi connectivity index (χ3v) is 1.88. The molecule has 0 spiro atoms. The van der Waals surface area contributed by atoms with E-state index in [9.17, 15) is 4.79 Å². The highest BCUT2D eigenvalue weighted by atomic mass is 16.4. The summed E-state index contributed by atoms with van der Waals surface area (Å²) in [5.41, 5.74) is 1.07. The summed E-state index contributed by atoms with van der Waals surface area (Å²) in [6.07, 6.45) is 4.40. The fourth-order valence-electron chi connectivity index (χ4n) is 1.04. The smallest absolute Gasteiger partial charge is 0.303 e. The second-order valence-corrected chi connectivity index (χ2v) is 2.87. The minimum absolute atomic E-state index is 0.215. The van der Waals surface area contributed by atoms with E-state index in [1.54, 1.807) is 12.4 Å². The molecule has 0 aromatic carbocycles. The highest BCUT2D eigenvalue weighted by Crippen LogP contribution is 2.18. The van der Waals surface area contributed by atoms with Crippen LogP contribution in [0, 0.1) is 0 Å². The Morgan fingerprint density at radius 3 is 3.08 bits per heavy atom. The zero-order valence-electron chi connectivity index (χ0n) is 6.95. The number of aromatic amines is 1. The van der Waals surface area contributed by atoms with Crippen molar-refractivity contribution >= 4 is 5.97 Å². The van der Waals surface area contributed by atoms with Crippen molar-refractivity contribution in [3.05, 3.63) is 18.0 Å². The van der Waals surface area contributed by atoms with Crippen molar-refractivity contribution in [2.24, 2.45) is 0 Å². The first-order valence-electron chi connectivity index (χ1n) is 3.90. The molecule has 1 aromatic heterocycles. The van der Waals surface area contributed by atoms with Gasteiger partial charge < -0.3 is 5.11 Å². The summed E-state index contributed by atoms with van der Waals surface area (Å²) < 4.78 is 0. The van der Waals surface area contributed by atoms with Gasteiger partial charge in [0, 0.05) is 12.6 Å². The van der Waals surface area contributed by atoms with Gasteiger partial charge in [-0.25, -0.2) is 0 Å². The molecule has 0 saturated heterocycles. The lowest BCUT2D eigenvalue weighted by Crippen LogP contribution is -1.99. The molecule has 0 fully saturated rings. The number of rotatable bonds is 4. The molecule has 4 heteroatoms. The van der Waals surface area contributed by atoms with Crippen LogP contribution in [0.25, 0.3) is 0 Å². The van der Waals surface area contributed by atoms with Crippen LogP contribution in [0.3, 0.4) is 0 Å². The lowest BCUT2D eigenvalue weighted by atomic mass is 10.00. The second kappa shape index (κ2) is 3.90. The fourth-order valence-corrected chi connectivity index (χ4v) is 1.04. The number of aliphatic carboxylic acids is 1. The number of hydrogen-bond acceptors (Lipinski definition) is 2. The van der Waals surface area contributed by atoms with Gasteiger partial charge in [0.15, 0.2) is 0 Å². The first kappa shape index (κ1) is 8.77.